The van der Waals surface area contributed by atoms with Crippen LogP contribution in [0.25, 0.3) is 0 Å². The van der Waals surface area contributed by atoms with E-state index in [1.807, 2.05) is 30.7 Å². The number of amides is 1. The third-order valence-electron chi connectivity index (χ3n) is 3.25. The van der Waals surface area contributed by atoms with Crippen LogP contribution >= 0.6 is 0 Å². The number of rotatable bonds is 3. The van der Waals surface area contributed by atoms with Crippen molar-refractivity contribution in [2.24, 2.45) is 0 Å². The molecule has 6 nitrogen and oxygen atoms in total. The van der Waals surface area contributed by atoms with Gasteiger partial charge in [0.05, 0.1) is 17.9 Å². The summed E-state index contributed by atoms with van der Waals surface area (Å²) >= 11 is 0. The minimum absolute atomic E-state index is 0.145. The monoisotopic (exact) mass is 263 g/mol. The molecular formula is C13H21N5O. The van der Waals surface area contributed by atoms with E-state index in [-0.39, 0.29) is 5.91 Å². The van der Waals surface area contributed by atoms with Gasteiger partial charge in [-0.05, 0) is 13.8 Å². The molecule has 1 saturated heterocycles. The Kier molecular flexibility index (Phi) is 4.31. The second-order valence-electron chi connectivity index (χ2n) is 4.91. The molecule has 1 aromatic heterocycles. The Hall–Kier alpha value is -1.69. The van der Waals surface area contributed by atoms with Crippen LogP contribution in [-0.4, -0.2) is 60.5 Å². The van der Waals surface area contributed by atoms with E-state index in [1.54, 1.807) is 6.20 Å². The molecule has 1 aromatic rings. The number of carbonyl (C=O) groups is 1. The quantitative estimate of drug-likeness (QED) is 0.829. The summed E-state index contributed by atoms with van der Waals surface area (Å²) in [5.41, 5.74) is 1.71. The number of nitrogens with zero attached hydrogens (tertiary/aromatic N) is 4. The van der Waals surface area contributed by atoms with E-state index in [0.717, 1.165) is 43.4 Å². The zero-order chi connectivity index (χ0) is 13.8. The number of likely N-dealkylation sites (N-methyl/N-ethyl adjacent to an activating group) is 1. The Balaban J connectivity index is 2.01. The van der Waals surface area contributed by atoms with Gasteiger partial charge in [0.25, 0.3) is 0 Å². The highest BCUT2D eigenvalue weighted by Crippen LogP contribution is 2.13. The maximum atomic E-state index is 12.2. The Bertz CT molecular complexity index is 456. The van der Waals surface area contributed by atoms with E-state index in [1.165, 1.54) is 0 Å². The van der Waals surface area contributed by atoms with Gasteiger partial charge in [-0.3, -0.25) is 9.78 Å². The predicted molar refractivity (Wildman–Crippen MR) is 74.2 cm³/mol. The lowest BCUT2D eigenvalue weighted by Gasteiger charge is -2.29. The van der Waals surface area contributed by atoms with E-state index in [2.05, 4.69) is 15.3 Å². The van der Waals surface area contributed by atoms with Crippen LogP contribution in [0.4, 0.5) is 5.82 Å². The smallest absolute Gasteiger partial charge is 0.242 e. The van der Waals surface area contributed by atoms with Gasteiger partial charge < -0.3 is 15.1 Å². The number of piperazine rings is 1. The molecular weight excluding hydrogens is 242 g/mol. The summed E-state index contributed by atoms with van der Waals surface area (Å²) in [5.74, 6) is 0.926. The summed E-state index contributed by atoms with van der Waals surface area (Å²) in [5, 5.41) is 3.24. The Morgan fingerprint density at radius 1 is 1.42 bits per heavy atom. The molecule has 2 heterocycles. The van der Waals surface area contributed by atoms with Crippen LogP contribution < -0.4 is 10.2 Å². The van der Waals surface area contributed by atoms with Crippen LogP contribution in [-0.2, 0) is 4.79 Å². The number of aromatic nitrogens is 2. The molecule has 104 valence electrons. The van der Waals surface area contributed by atoms with Crippen molar-refractivity contribution in [2.45, 2.75) is 13.8 Å². The van der Waals surface area contributed by atoms with Crippen molar-refractivity contribution in [1.29, 1.82) is 0 Å². The van der Waals surface area contributed by atoms with Gasteiger partial charge in [-0.25, -0.2) is 4.98 Å². The van der Waals surface area contributed by atoms with Gasteiger partial charge in [0, 0.05) is 39.4 Å². The van der Waals surface area contributed by atoms with E-state index in [4.69, 9.17) is 0 Å². The first-order valence-corrected chi connectivity index (χ1v) is 6.58. The van der Waals surface area contributed by atoms with Crippen molar-refractivity contribution < 1.29 is 4.79 Å². The fourth-order valence-corrected chi connectivity index (χ4v) is 2.18. The van der Waals surface area contributed by atoms with Crippen molar-refractivity contribution in [3.05, 3.63) is 17.6 Å². The van der Waals surface area contributed by atoms with Gasteiger partial charge in [0.2, 0.25) is 5.91 Å². The van der Waals surface area contributed by atoms with Gasteiger partial charge in [0.15, 0.2) is 5.82 Å². The number of aryl methyl sites for hydroxylation is 2. The molecule has 0 atom stereocenters. The Labute approximate surface area is 113 Å². The van der Waals surface area contributed by atoms with Crippen molar-refractivity contribution in [2.75, 3.05) is 44.7 Å². The third-order valence-corrected chi connectivity index (χ3v) is 3.25. The van der Waals surface area contributed by atoms with Crippen LogP contribution in [0.1, 0.15) is 11.4 Å². The fourth-order valence-electron chi connectivity index (χ4n) is 2.18. The largest absolute Gasteiger partial charge is 0.349 e. The van der Waals surface area contributed by atoms with Crippen molar-refractivity contribution in [3.8, 4) is 0 Å². The Morgan fingerprint density at radius 3 is 2.79 bits per heavy atom. The lowest BCUT2D eigenvalue weighted by molar-refractivity contribution is -0.130. The second kappa shape index (κ2) is 5.97. The van der Waals surface area contributed by atoms with E-state index in [9.17, 15) is 4.79 Å². The summed E-state index contributed by atoms with van der Waals surface area (Å²) in [6.07, 6.45) is 1.74. The summed E-state index contributed by atoms with van der Waals surface area (Å²) in [6, 6.07) is 0. The van der Waals surface area contributed by atoms with E-state index < -0.39 is 0 Å². The average molecular weight is 263 g/mol. The number of anilines is 1. The highest BCUT2D eigenvalue weighted by Gasteiger charge is 2.19. The van der Waals surface area contributed by atoms with Crippen LogP contribution in [0.15, 0.2) is 6.20 Å². The summed E-state index contributed by atoms with van der Waals surface area (Å²) < 4.78 is 0. The number of nitrogens with one attached hydrogen (secondary N) is 1. The summed E-state index contributed by atoms with van der Waals surface area (Å²) in [4.78, 5) is 24.7. The van der Waals surface area contributed by atoms with Crippen molar-refractivity contribution >= 4 is 11.7 Å². The highest BCUT2D eigenvalue weighted by atomic mass is 16.2. The van der Waals surface area contributed by atoms with Gasteiger partial charge in [-0.1, -0.05) is 0 Å². The lowest BCUT2D eigenvalue weighted by Crippen LogP contribution is -2.49. The standard InChI is InChI=1S/C13H21N5O/c1-10-8-15-11(2)13(16-10)17(3)9-12(19)18-6-4-14-5-7-18/h8,14H,4-7,9H2,1-3H3. The Morgan fingerprint density at radius 2 is 2.11 bits per heavy atom. The molecule has 0 aliphatic carbocycles. The topological polar surface area (TPSA) is 61.4 Å². The van der Waals surface area contributed by atoms with Crippen molar-refractivity contribution in [1.82, 2.24) is 20.2 Å². The maximum absolute atomic E-state index is 12.2. The molecule has 1 amide bonds. The molecule has 0 unspecified atom stereocenters. The molecule has 1 N–H and O–H groups in total. The summed E-state index contributed by atoms with van der Waals surface area (Å²) in [6.45, 7) is 7.47. The first-order valence-electron chi connectivity index (χ1n) is 6.58. The number of hydrogen-bond acceptors (Lipinski definition) is 5. The minimum atomic E-state index is 0.145. The van der Waals surface area contributed by atoms with Gasteiger partial charge in [-0.2, -0.15) is 0 Å². The zero-order valence-corrected chi connectivity index (χ0v) is 11.8. The molecule has 1 aliphatic rings. The molecule has 19 heavy (non-hydrogen) atoms. The molecule has 0 saturated carbocycles. The third kappa shape index (κ3) is 3.41. The van der Waals surface area contributed by atoms with E-state index in [0.29, 0.717) is 6.54 Å². The van der Waals surface area contributed by atoms with Crippen molar-refractivity contribution in [3.63, 3.8) is 0 Å². The normalized spacial score (nSPS) is 15.4. The van der Waals surface area contributed by atoms with E-state index >= 15 is 0 Å². The van der Waals surface area contributed by atoms with Gasteiger partial charge in [0.1, 0.15) is 0 Å². The molecule has 1 fully saturated rings. The molecule has 0 spiro atoms. The molecule has 0 radical (unpaired) electrons. The van der Waals surface area contributed by atoms with Gasteiger partial charge in [-0.15, -0.1) is 0 Å². The lowest BCUT2D eigenvalue weighted by atomic mass is 10.3. The molecule has 0 aromatic carbocycles. The minimum Gasteiger partial charge on any atom is -0.349 e. The SMILES string of the molecule is Cc1cnc(C)c(N(C)CC(=O)N2CCNCC2)n1. The second-order valence-corrected chi connectivity index (χ2v) is 4.91. The zero-order valence-electron chi connectivity index (χ0n) is 11.8. The number of hydrogen-bond donors (Lipinski definition) is 1. The van der Waals surface area contributed by atoms with Crippen LogP contribution in [0.2, 0.25) is 0 Å². The number of carbonyl (C=O) groups excluding carboxylic acids is 1. The van der Waals surface area contributed by atoms with Crippen LogP contribution in [0.3, 0.4) is 0 Å². The molecule has 1 aliphatic heterocycles. The molecule has 6 heteroatoms. The van der Waals surface area contributed by atoms with Gasteiger partial charge >= 0.3 is 0 Å². The first kappa shape index (κ1) is 13.7. The summed E-state index contributed by atoms with van der Waals surface area (Å²) in [7, 11) is 1.89. The average Bonchev–Trinajstić information content (AvgIpc) is 2.42. The highest BCUT2D eigenvalue weighted by molar-refractivity contribution is 5.81. The molecule has 2 rings (SSSR count). The first-order chi connectivity index (χ1) is 9.08. The van der Waals surface area contributed by atoms with Crippen LogP contribution in [0, 0.1) is 13.8 Å². The predicted octanol–water partition coefficient (Wildman–Crippen LogP) is -0.0386. The van der Waals surface area contributed by atoms with Crippen LogP contribution in [0.5, 0.6) is 0 Å². The fraction of sp³-hybridized carbons (Fsp3) is 0.615. The molecule has 0 bridgehead atoms. The maximum Gasteiger partial charge on any atom is 0.242 e.